The zero-order valence-electron chi connectivity index (χ0n) is 15.3. The van der Waals surface area contributed by atoms with Gasteiger partial charge in [-0.1, -0.05) is 41.6 Å². The van der Waals surface area contributed by atoms with Crippen molar-refractivity contribution in [1.29, 1.82) is 0 Å². The smallest absolute Gasteiger partial charge is 0.219 e. The summed E-state index contributed by atoms with van der Waals surface area (Å²) in [4.78, 5) is 13.5. The second-order valence-corrected chi connectivity index (χ2v) is 6.55. The highest BCUT2D eigenvalue weighted by Gasteiger charge is 2.47. The van der Waals surface area contributed by atoms with Crippen molar-refractivity contribution in [2.45, 2.75) is 18.4 Å². The Morgan fingerprint density at radius 3 is 2.61 bits per heavy atom. The lowest BCUT2D eigenvalue weighted by Gasteiger charge is -2.25. The van der Waals surface area contributed by atoms with Crippen molar-refractivity contribution in [1.82, 2.24) is 0 Å². The Kier molecular flexibility index (Phi) is 4.31. The van der Waals surface area contributed by atoms with Crippen molar-refractivity contribution >= 4 is 23.3 Å². The highest BCUT2D eigenvalue weighted by atomic mass is 16.5. The Morgan fingerprint density at radius 2 is 1.89 bits per heavy atom. The SMILES string of the molecule is COc1ccc(C2(C(N)=NO)N=C(N)N=C2N=C2CCc3ccccc32)cc1. The first kappa shape index (κ1) is 17.7. The second-order valence-electron chi connectivity index (χ2n) is 6.55. The molecule has 0 aromatic heterocycles. The molecule has 8 nitrogen and oxygen atoms in total. The molecule has 0 fully saturated rings. The molecule has 1 atom stereocenters. The van der Waals surface area contributed by atoms with Crippen molar-refractivity contribution in [2.24, 2.45) is 31.6 Å². The second kappa shape index (κ2) is 6.80. The normalized spacial score (nSPS) is 22.8. The summed E-state index contributed by atoms with van der Waals surface area (Å²) in [5.41, 5.74) is 14.4. The van der Waals surface area contributed by atoms with Gasteiger partial charge < -0.3 is 21.4 Å². The summed E-state index contributed by atoms with van der Waals surface area (Å²) in [5.74, 6) is 0.806. The van der Waals surface area contributed by atoms with Crippen LogP contribution >= 0.6 is 0 Å². The Morgan fingerprint density at radius 1 is 1.14 bits per heavy atom. The minimum absolute atomic E-state index is 0.0213. The number of amidine groups is 2. The van der Waals surface area contributed by atoms with Crippen LogP contribution in [0.25, 0.3) is 0 Å². The highest BCUT2D eigenvalue weighted by Crippen LogP contribution is 2.35. The van der Waals surface area contributed by atoms with Gasteiger partial charge in [-0.25, -0.2) is 9.98 Å². The van der Waals surface area contributed by atoms with E-state index in [1.54, 1.807) is 31.4 Å². The number of methoxy groups -OCH3 is 1. The molecule has 1 heterocycles. The van der Waals surface area contributed by atoms with E-state index in [0.29, 0.717) is 11.3 Å². The van der Waals surface area contributed by atoms with Crippen molar-refractivity contribution < 1.29 is 9.94 Å². The lowest BCUT2D eigenvalue weighted by molar-refractivity contribution is 0.314. The molecule has 28 heavy (non-hydrogen) atoms. The van der Waals surface area contributed by atoms with Gasteiger partial charge in [0.25, 0.3) is 0 Å². The fourth-order valence-electron chi connectivity index (χ4n) is 3.61. The van der Waals surface area contributed by atoms with Gasteiger partial charge in [-0.3, -0.25) is 0 Å². The molecule has 0 saturated heterocycles. The van der Waals surface area contributed by atoms with Gasteiger partial charge in [-0.15, -0.1) is 0 Å². The first-order valence-corrected chi connectivity index (χ1v) is 8.81. The first-order valence-electron chi connectivity index (χ1n) is 8.81. The van der Waals surface area contributed by atoms with Crippen molar-refractivity contribution in [3.05, 3.63) is 65.2 Å². The number of rotatable bonds is 3. The first-order chi connectivity index (χ1) is 13.6. The van der Waals surface area contributed by atoms with Crippen LogP contribution in [-0.4, -0.2) is 35.7 Å². The zero-order valence-corrected chi connectivity index (χ0v) is 15.3. The predicted octanol–water partition coefficient (Wildman–Crippen LogP) is 1.80. The molecule has 0 radical (unpaired) electrons. The molecule has 2 aliphatic rings. The number of benzene rings is 2. The molecular formula is C20H20N6O2. The van der Waals surface area contributed by atoms with Crippen LogP contribution in [0.3, 0.4) is 0 Å². The van der Waals surface area contributed by atoms with Gasteiger partial charge in [0.05, 0.1) is 12.8 Å². The summed E-state index contributed by atoms with van der Waals surface area (Å²) in [7, 11) is 1.58. The van der Waals surface area contributed by atoms with Gasteiger partial charge in [0.1, 0.15) is 5.75 Å². The summed E-state index contributed by atoms with van der Waals surface area (Å²) in [6.45, 7) is 0. The quantitative estimate of drug-likeness (QED) is 0.326. The maximum Gasteiger partial charge on any atom is 0.219 e. The third kappa shape index (κ3) is 2.70. The molecule has 142 valence electrons. The number of fused-ring (bicyclic) bond motifs is 1. The van der Waals surface area contributed by atoms with E-state index in [2.05, 4.69) is 21.2 Å². The lowest BCUT2D eigenvalue weighted by atomic mass is 9.88. The van der Waals surface area contributed by atoms with Crippen LogP contribution in [-0.2, 0) is 12.0 Å². The Bertz CT molecular complexity index is 1040. The van der Waals surface area contributed by atoms with Gasteiger partial charge in [0, 0.05) is 0 Å². The summed E-state index contributed by atoms with van der Waals surface area (Å²) in [6.07, 6.45) is 1.67. The number of hydrogen-bond donors (Lipinski definition) is 3. The van der Waals surface area contributed by atoms with E-state index < -0.39 is 5.54 Å². The number of aryl methyl sites for hydroxylation is 1. The van der Waals surface area contributed by atoms with Crippen LogP contribution in [0.5, 0.6) is 5.75 Å². The molecule has 1 aliphatic heterocycles. The van der Waals surface area contributed by atoms with Crippen molar-refractivity contribution in [3.63, 3.8) is 0 Å². The van der Waals surface area contributed by atoms with E-state index in [0.717, 1.165) is 24.1 Å². The monoisotopic (exact) mass is 376 g/mol. The molecule has 0 saturated carbocycles. The number of nitrogens with two attached hydrogens (primary N) is 2. The van der Waals surface area contributed by atoms with E-state index >= 15 is 0 Å². The number of oxime groups is 1. The van der Waals surface area contributed by atoms with Gasteiger partial charge in [-0.2, -0.15) is 4.99 Å². The third-order valence-corrected chi connectivity index (χ3v) is 5.01. The van der Waals surface area contributed by atoms with Crippen LogP contribution < -0.4 is 16.2 Å². The molecular weight excluding hydrogens is 356 g/mol. The van der Waals surface area contributed by atoms with Crippen molar-refractivity contribution in [3.8, 4) is 5.75 Å². The number of nitrogens with zero attached hydrogens (tertiary/aromatic N) is 4. The minimum atomic E-state index is -1.39. The van der Waals surface area contributed by atoms with E-state index in [1.807, 2.05) is 18.2 Å². The molecule has 0 spiro atoms. The number of guanidine groups is 1. The Balaban J connectivity index is 1.86. The predicted molar refractivity (Wildman–Crippen MR) is 108 cm³/mol. The zero-order chi connectivity index (χ0) is 19.7. The third-order valence-electron chi connectivity index (χ3n) is 5.01. The van der Waals surface area contributed by atoms with E-state index in [9.17, 15) is 5.21 Å². The molecule has 1 unspecified atom stereocenters. The standard InChI is InChI=1S/C20H20N6O2/c1-28-14-9-7-13(8-10-14)20(17(21)26-27)18(24-19(22)25-20)23-16-11-6-12-4-2-3-5-15(12)16/h2-5,7-10,27H,6,11H2,1H3,(H2,21,26)(H2,22,25). The highest BCUT2D eigenvalue weighted by molar-refractivity contribution is 6.24. The van der Waals surface area contributed by atoms with Crippen LogP contribution in [0, 0.1) is 0 Å². The van der Waals surface area contributed by atoms with Crippen LogP contribution in [0.4, 0.5) is 0 Å². The average Bonchev–Trinajstić information content (AvgIpc) is 3.29. The van der Waals surface area contributed by atoms with Crippen LogP contribution in [0.1, 0.15) is 23.1 Å². The molecule has 1 aliphatic carbocycles. The fourth-order valence-corrected chi connectivity index (χ4v) is 3.61. The molecule has 2 aromatic carbocycles. The largest absolute Gasteiger partial charge is 0.497 e. The number of aliphatic imine (C=N–C) groups is 3. The number of hydrogen-bond acceptors (Lipinski definition) is 7. The maximum atomic E-state index is 9.47. The van der Waals surface area contributed by atoms with Crippen LogP contribution in [0.2, 0.25) is 0 Å². The summed E-state index contributed by atoms with van der Waals surface area (Å²) < 4.78 is 5.22. The van der Waals surface area contributed by atoms with E-state index in [1.165, 1.54) is 5.56 Å². The molecule has 4 rings (SSSR count). The minimum Gasteiger partial charge on any atom is -0.497 e. The molecule has 0 bridgehead atoms. The van der Waals surface area contributed by atoms with E-state index in [4.69, 9.17) is 21.2 Å². The molecule has 0 amide bonds. The summed E-state index contributed by atoms with van der Waals surface area (Å²) in [6, 6.07) is 15.2. The van der Waals surface area contributed by atoms with Gasteiger partial charge in [0.2, 0.25) is 11.5 Å². The average molecular weight is 376 g/mol. The Labute approximate surface area is 162 Å². The van der Waals surface area contributed by atoms with Crippen LogP contribution in [0.15, 0.2) is 68.7 Å². The number of ether oxygens (including phenoxy) is 1. The lowest BCUT2D eigenvalue weighted by Crippen LogP contribution is -2.45. The topological polar surface area (TPSA) is 131 Å². The van der Waals surface area contributed by atoms with Gasteiger partial charge in [-0.05, 0) is 41.7 Å². The maximum absolute atomic E-state index is 9.47. The molecule has 5 N–H and O–H groups in total. The molecule has 8 heteroatoms. The molecule has 2 aromatic rings. The summed E-state index contributed by atoms with van der Waals surface area (Å²) in [5, 5.41) is 12.7. The van der Waals surface area contributed by atoms with Gasteiger partial charge in [0.15, 0.2) is 11.7 Å². The summed E-state index contributed by atoms with van der Waals surface area (Å²) >= 11 is 0. The van der Waals surface area contributed by atoms with E-state index in [-0.39, 0.29) is 17.6 Å². The van der Waals surface area contributed by atoms with Gasteiger partial charge >= 0.3 is 0 Å². The fraction of sp³-hybridized carbons (Fsp3) is 0.200. The van der Waals surface area contributed by atoms with Crippen molar-refractivity contribution in [2.75, 3.05) is 7.11 Å². The Hall–Kier alpha value is -3.68.